The van der Waals surface area contributed by atoms with E-state index in [1.165, 1.54) is 18.2 Å². The molecule has 6 nitrogen and oxygen atoms in total. The molecular weight excluding hydrogens is 316 g/mol. The Hall–Kier alpha value is -2.25. The number of nitrogens with one attached hydrogen (secondary N) is 1. The van der Waals surface area contributed by atoms with Gasteiger partial charge in [0, 0.05) is 18.2 Å². The van der Waals surface area contributed by atoms with Crippen molar-refractivity contribution in [2.75, 3.05) is 0 Å². The van der Waals surface area contributed by atoms with Crippen LogP contribution in [0.2, 0.25) is 0 Å². The van der Waals surface area contributed by atoms with Crippen LogP contribution in [-0.4, -0.2) is 13.3 Å². The Morgan fingerprint density at radius 3 is 2.48 bits per heavy atom. The highest BCUT2D eigenvalue weighted by Crippen LogP contribution is 2.23. The first-order chi connectivity index (χ1) is 10.7. The second kappa shape index (κ2) is 6.47. The standard InChI is InChI=1S/C16H18N2O4S/c1-11-7-8-12(2)16(9-11)13(3)17-23(21,22)15-6-4-5-14(10-15)18(19)20/h4-10,13,17H,1-3H3/t13-/m1/s1. The molecule has 2 aromatic carbocycles. The van der Waals surface area contributed by atoms with Gasteiger partial charge >= 0.3 is 0 Å². The maximum atomic E-state index is 12.5. The van der Waals surface area contributed by atoms with Gasteiger partial charge in [0.05, 0.1) is 9.82 Å². The summed E-state index contributed by atoms with van der Waals surface area (Å²) in [6.45, 7) is 5.59. The Morgan fingerprint density at radius 1 is 1.13 bits per heavy atom. The van der Waals surface area contributed by atoms with Gasteiger partial charge in [-0.15, -0.1) is 0 Å². The topological polar surface area (TPSA) is 89.3 Å². The van der Waals surface area contributed by atoms with Crippen molar-refractivity contribution in [3.63, 3.8) is 0 Å². The number of non-ortho nitro benzene ring substituents is 1. The van der Waals surface area contributed by atoms with Crippen LogP contribution in [0.3, 0.4) is 0 Å². The SMILES string of the molecule is Cc1ccc(C)c([C@@H](C)NS(=O)(=O)c2cccc([N+](=O)[O-])c2)c1. The van der Waals surface area contributed by atoms with Gasteiger partial charge in [-0.2, -0.15) is 0 Å². The molecule has 0 saturated carbocycles. The van der Waals surface area contributed by atoms with Gasteiger partial charge in [0.25, 0.3) is 5.69 Å². The van der Waals surface area contributed by atoms with Gasteiger partial charge in [0.1, 0.15) is 0 Å². The van der Waals surface area contributed by atoms with Crippen LogP contribution in [-0.2, 0) is 10.0 Å². The van der Waals surface area contributed by atoms with Crippen molar-refractivity contribution in [3.8, 4) is 0 Å². The van der Waals surface area contributed by atoms with E-state index in [0.717, 1.165) is 22.8 Å². The molecular formula is C16H18N2O4S. The van der Waals surface area contributed by atoms with E-state index in [9.17, 15) is 18.5 Å². The Balaban J connectivity index is 2.32. The highest BCUT2D eigenvalue weighted by atomic mass is 32.2. The Bertz CT molecular complexity index is 847. The Kier molecular flexibility index (Phi) is 4.82. The molecule has 0 aliphatic carbocycles. The van der Waals surface area contributed by atoms with Crippen LogP contribution in [0, 0.1) is 24.0 Å². The lowest BCUT2D eigenvalue weighted by Crippen LogP contribution is -2.27. The minimum absolute atomic E-state index is 0.121. The lowest BCUT2D eigenvalue weighted by atomic mass is 10.0. The fourth-order valence-corrected chi connectivity index (χ4v) is 3.62. The first-order valence-electron chi connectivity index (χ1n) is 7.04. The molecule has 1 atom stereocenters. The fourth-order valence-electron chi connectivity index (χ4n) is 2.35. The van der Waals surface area contributed by atoms with E-state index >= 15 is 0 Å². The molecule has 0 fully saturated rings. The van der Waals surface area contributed by atoms with E-state index in [-0.39, 0.29) is 10.6 Å². The summed E-state index contributed by atoms with van der Waals surface area (Å²) in [5, 5.41) is 10.8. The zero-order valence-corrected chi connectivity index (χ0v) is 13.9. The molecule has 0 aliphatic rings. The highest BCUT2D eigenvalue weighted by molar-refractivity contribution is 7.89. The summed E-state index contributed by atoms with van der Waals surface area (Å²) < 4.78 is 27.5. The summed E-state index contributed by atoms with van der Waals surface area (Å²) >= 11 is 0. The summed E-state index contributed by atoms with van der Waals surface area (Å²) in [4.78, 5) is 10.1. The van der Waals surface area contributed by atoms with Gasteiger partial charge in [0.15, 0.2) is 0 Å². The average molecular weight is 334 g/mol. The molecule has 2 aromatic rings. The number of nitrogens with zero attached hydrogens (tertiary/aromatic N) is 1. The van der Waals surface area contributed by atoms with Gasteiger partial charge in [0.2, 0.25) is 10.0 Å². The van der Waals surface area contributed by atoms with Crippen LogP contribution in [0.5, 0.6) is 0 Å². The highest BCUT2D eigenvalue weighted by Gasteiger charge is 2.21. The third-order valence-corrected chi connectivity index (χ3v) is 5.11. The monoisotopic (exact) mass is 334 g/mol. The van der Waals surface area contributed by atoms with Crippen molar-refractivity contribution < 1.29 is 13.3 Å². The normalized spacial score (nSPS) is 12.8. The lowest BCUT2D eigenvalue weighted by molar-refractivity contribution is -0.385. The second-order valence-corrected chi connectivity index (χ2v) is 7.17. The summed E-state index contributed by atoms with van der Waals surface area (Å²) in [6, 6.07) is 10.4. The van der Waals surface area contributed by atoms with Crippen molar-refractivity contribution in [1.29, 1.82) is 0 Å². The predicted octanol–water partition coefficient (Wildman–Crippen LogP) is 3.25. The van der Waals surface area contributed by atoms with E-state index in [1.807, 2.05) is 32.0 Å². The number of benzene rings is 2. The van der Waals surface area contributed by atoms with Crippen molar-refractivity contribution in [2.24, 2.45) is 0 Å². The van der Waals surface area contributed by atoms with E-state index in [1.54, 1.807) is 6.92 Å². The van der Waals surface area contributed by atoms with Crippen molar-refractivity contribution in [1.82, 2.24) is 4.72 Å². The summed E-state index contributed by atoms with van der Waals surface area (Å²) in [7, 11) is -3.85. The summed E-state index contributed by atoms with van der Waals surface area (Å²) in [5.74, 6) is 0. The van der Waals surface area contributed by atoms with Gasteiger partial charge in [-0.1, -0.05) is 29.8 Å². The lowest BCUT2D eigenvalue weighted by Gasteiger charge is -2.17. The number of nitro benzene ring substituents is 1. The van der Waals surface area contributed by atoms with Crippen molar-refractivity contribution in [3.05, 3.63) is 69.3 Å². The molecule has 0 amide bonds. The zero-order chi connectivity index (χ0) is 17.2. The third-order valence-electron chi connectivity index (χ3n) is 3.57. The van der Waals surface area contributed by atoms with Crippen molar-refractivity contribution in [2.45, 2.75) is 31.7 Å². The van der Waals surface area contributed by atoms with Gasteiger partial charge in [-0.05, 0) is 38.0 Å². The molecule has 0 unspecified atom stereocenters. The molecule has 0 radical (unpaired) electrons. The van der Waals surface area contributed by atoms with Crippen LogP contribution in [0.15, 0.2) is 47.4 Å². The minimum atomic E-state index is -3.85. The maximum Gasteiger partial charge on any atom is 0.270 e. The molecule has 0 bridgehead atoms. The smallest absolute Gasteiger partial charge is 0.258 e. The average Bonchev–Trinajstić information content (AvgIpc) is 2.49. The van der Waals surface area contributed by atoms with E-state index in [2.05, 4.69) is 4.72 Å². The number of nitro groups is 1. The molecule has 0 heterocycles. The Morgan fingerprint density at radius 2 is 1.83 bits per heavy atom. The molecule has 0 saturated heterocycles. The van der Waals surface area contributed by atoms with Gasteiger partial charge in [-0.3, -0.25) is 10.1 Å². The van der Waals surface area contributed by atoms with Crippen LogP contribution in [0.4, 0.5) is 5.69 Å². The molecule has 122 valence electrons. The number of sulfonamides is 1. The molecule has 0 spiro atoms. The number of rotatable bonds is 5. The largest absolute Gasteiger partial charge is 0.270 e. The minimum Gasteiger partial charge on any atom is -0.258 e. The first kappa shape index (κ1) is 17.1. The Labute approximate surface area is 135 Å². The fraction of sp³-hybridized carbons (Fsp3) is 0.250. The maximum absolute atomic E-state index is 12.5. The molecule has 0 aromatic heterocycles. The summed E-state index contributed by atoms with van der Waals surface area (Å²) in [5.41, 5.74) is 2.63. The predicted molar refractivity (Wildman–Crippen MR) is 87.7 cm³/mol. The van der Waals surface area contributed by atoms with E-state index in [4.69, 9.17) is 0 Å². The molecule has 23 heavy (non-hydrogen) atoms. The molecule has 2 rings (SSSR count). The molecule has 7 heteroatoms. The third kappa shape index (κ3) is 3.94. The van der Waals surface area contributed by atoms with E-state index < -0.39 is 21.0 Å². The van der Waals surface area contributed by atoms with Gasteiger partial charge < -0.3 is 0 Å². The van der Waals surface area contributed by atoms with E-state index in [0.29, 0.717) is 0 Å². The van der Waals surface area contributed by atoms with Gasteiger partial charge in [-0.25, -0.2) is 13.1 Å². The first-order valence-corrected chi connectivity index (χ1v) is 8.53. The van der Waals surface area contributed by atoms with Crippen LogP contribution < -0.4 is 4.72 Å². The van der Waals surface area contributed by atoms with Crippen LogP contribution in [0.1, 0.15) is 29.7 Å². The molecule has 0 aliphatic heterocycles. The number of aryl methyl sites for hydroxylation is 2. The van der Waals surface area contributed by atoms with Crippen LogP contribution in [0.25, 0.3) is 0 Å². The molecule has 1 N–H and O–H groups in total. The number of hydrogen-bond donors (Lipinski definition) is 1. The second-order valence-electron chi connectivity index (χ2n) is 5.46. The number of hydrogen-bond acceptors (Lipinski definition) is 4. The zero-order valence-electron chi connectivity index (χ0n) is 13.1. The quantitative estimate of drug-likeness (QED) is 0.671. The van der Waals surface area contributed by atoms with Crippen LogP contribution >= 0.6 is 0 Å². The van der Waals surface area contributed by atoms with Crippen molar-refractivity contribution >= 4 is 15.7 Å². The summed E-state index contributed by atoms with van der Waals surface area (Å²) in [6.07, 6.45) is 0.